The number of aliphatic imine (C=N–C) groups is 1. The van der Waals surface area contributed by atoms with E-state index in [1.54, 1.807) is 6.08 Å². The minimum absolute atomic E-state index is 0.0526. The van der Waals surface area contributed by atoms with Gasteiger partial charge in [0, 0.05) is 0 Å². The van der Waals surface area contributed by atoms with Crippen molar-refractivity contribution in [1.29, 1.82) is 0 Å². The van der Waals surface area contributed by atoms with Crippen LogP contribution >= 0.6 is 0 Å². The minimum atomic E-state index is 0.0526. The van der Waals surface area contributed by atoms with Crippen molar-refractivity contribution in [1.82, 2.24) is 0 Å². The van der Waals surface area contributed by atoms with E-state index < -0.39 is 0 Å². The summed E-state index contributed by atoms with van der Waals surface area (Å²) < 4.78 is 0. The van der Waals surface area contributed by atoms with Crippen LogP contribution in [0.15, 0.2) is 30.3 Å². The molecule has 2 atom stereocenters. The minimum Gasteiger partial charge on any atom is -0.211 e. The number of unbranched alkanes of at least 4 members (excludes halogenated alkanes) is 1. The molecule has 0 aliphatic carbocycles. The molecular formula is C14H23NO. The fourth-order valence-corrected chi connectivity index (χ4v) is 1.91. The summed E-state index contributed by atoms with van der Waals surface area (Å²) in [5.41, 5.74) is 0. The third-order valence-electron chi connectivity index (χ3n) is 2.75. The molecule has 0 saturated heterocycles. The molecular weight excluding hydrogens is 198 g/mol. The molecule has 0 aromatic rings. The molecule has 0 heterocycles. The number of carbonyl (C=O) groups excluding carboxylic acids is 1. The lowest BCUT2D eigenvalue weighted by atomic mass is 9.90. The maximum absolute atomic E-state index is 10.3. The highest BCUT2D eigenvalue weighted by Crippen LogP contribution is 2.22. The van der Waals surface area contributed by atoms with Crippen molar-refractivity contribution in [2.75, 3.05) is 0 Å². The Hall–Kier alpha value is -1.14. The van der Waals surface area contributed by atoms with Gasteiger partial charge in [0.25, 0.3) is 0 Å². The second-order valence-corrected chi connectivity index (χ2v) is 4.17. The summed E-state index contributed by atoms with van der Waals surface area (Å²) in [5.74, 6) is 0.583. The highest BCUT2D eigenvalue weighted by molar-refractivity contribution is 5.33. The van der Waals surface area contributed by atoms with Gasteiger partial charge in [-0.3, -0.25) is 0 Å². The van der Waals surface area contributed by atoms with Gasteiger partial charge in [-0.25, -0.2) is 9.79 Å². The molecule has 0 aromatic heterocycles. The van der Waals surface area contributed by atoms with E-state index in [0.717, 1.165) is 19.3 Å². The van der Waals surface area contributed by atoms with Gasteiger partial charge in [0.1, 0.15) is 0 Å². The third-order valence-corrected chi connectivity index (χ3v) is 2.75. The first-order chi connectivity index (χ1) is 7.78. The number of rotatable bonds is 10. The predicted molar refractivity (Wildman–Crippen MR) is 69.2 cm³/mol. The molecule has 0 bridgehead atoms. The Bertz CT molecular complexity index is 241. The second-order valence-electron chi connectivity index (χ2n) is 4.17. The summed E-state index contributed by atoms with van der Waals surface area (Å²) >= 11 is 0. The lowest BCUT2D eigenvalue weighted by molar-refractivity contribution is 0.398. The van der Waals surface area contributed by atoms with Gasteiger partial charge in [-0.1, -0.05) is 38.3 Å². The van der Waals surface area contributed by atoms with Crippen molar-refractivity contribution >= 4 is 6.08 Å². The Labute approximate surface area is 99.2 Å². The van der Waals surface area contributed by atoms with E-state index in [9.17, 15) is 4.79 Å². The largest absolute Gasteiger partial charge is 0.235 e. The topological polar surface area (TPSA) is 29.4 Å². The van der Waals surface area contributed by atoms with Gasteiger partial charge < -0.3 is 0 Å². The maximum atomic E-state index is 10.3. The zero-order valence-electron chi connectivity index (χ0n) is 10.3. The van der Waals surface area contributed by atoms with E-state index in [1.807, 2.05) is 12.2 Å². The fraction of sp³-hybridized carbons (Fsp3) is 0.643. The molecule has 16 heavy (non-hydrogen) atoms. The van der Waals surface area contributed by atoms with Crippen LogP contribution in [0.3, 0.4) is 0 Å². The van der Waals surface area contributed by atoms with Crippen LogP contribution in [0.1, 0.15) is 45.4 Å². The number of hydrogen-bond donors (Lipinski definition) is 0. The van der Waals surface area contributed by atoms with Crippen LogP contribution < -0.4 is 0 Å². The molecule has 0 aliphatic heterocycles. The molecule has 2 nitrogen and oxygen atoms in total. The van der Waals surface area contributed by atoms with Crippen LogP contribution in [0.5, 0.6) is 0 Å². The smallest absolute Gasteiger partial charge is 0.211 e. The summed E-state index contributed by atoms with van der Waals surface area (Å²) in [5, 5.41) is 0. The summed E-state index contributed by atoms with van der Waals surface area (Å²) in [6, 6.07) is 0.0526. The first-order valence-corrected chi connectivity index (χ1v) is 6.07. The average Bonchev–Trinajstić information content (AvgIpc) is 2.27. The van der Waals surface area contributed by atoms with Crippen LogP contribution in [0.4, 0.5) is 0 Å². The number of isocyanates is 1. The molecule has 90 valence electrons. The average molecular weight is 221 g/mol. The molecule has 0 rings (SSSR count). The zero-order valence-corrected chi connectivity index (χ0v) is 10.3. The first kappa shape index (κ1) is 14.9. The highest BCUT2D eigenvalue weighted by atomic mass is 16.1. The molecule has 2 heteroatoms. The van der Waals surface area contributed by atoms with E-state index >= 15 is 0 Å². The van der Waals surface area contributed by atoms with E-state index in [4.69, 9.17) is 0 Å². The Kier molecular flexibility index (Phi) is 9.64. The molecule has 0 spiro atoms. The lowest BCUT2D eigenvalue weighted by Gasteiger charge is -2.17. The Morgan fingerprint density at radius 1 is 1.31 bits per heavy atom. The van der Waals surface area contributed by atoms with Crippen molar-refractivity contribution in [3.05, 3.63) is 25.3 Å². The second kappa shape index (κ2) is 10.4. The van der Waals surface area contributed by atoms with Crippen LogP contribution in [0, 0.1) is 5.92 Å². The monoisotopic (exact) mass is 221 g/mol. The van der Waals surface area contributed by atoms with Gasteiger partial charge in [0.2, 0.25) is 6.08 Å². The lowest BCUT2D eigenvalue weighted by Crippen LogP contribution is -2.11. The quantitative estimate of drug-likeness (QED) is 0.311. The van der Waals surface area contributed by atoms with Crippen molar-refractivity contribution in [2.45, 2.75) is 51.5 Å². The van der Waals surface area contributed by atoms with E-state index in [-0.39, 0.29) is 6.04 Å². The zero-order chi connectivity index (χ0) is 12.2. The van der Waals surface area contributed by atoms with E-state index in [1.165, 1.54) is 19.3 Å². The van der Waals surface area contributed by atoms with Crippen molar-refractivity contribution in [3.63, 3.8) is 0 Å². The maximum Gasteiger partial charge on any atom is 0.235 e. The van der Waals surface area contributed by atoms with Crippen molar-refractivity contribution < 1.29 is 4.79 Å². The van der Waals surface area contributed by atoms with Gasteiger partial charge in [0.05, 0.1) is 6.04 Å². The molecule has 0 radical (unpaired) electrons. The van der Waals surface area contributed by atoms with Gasteiger partial charge in [0.15, 0.2) is 0 Å². The van der Waals surface area contributed by atoms with Gasteiger partial charge in [-0.2, -0.15) is 0 Å². The molecule has 0 aromatic carbocycles. The number of hydrogen-bond acceptors (Lipinski definition) is 2. The molecule has 2 unspecified atom stereocenters. The van der Waals surface area contributed by atoms with Crippen LogP contribution in [-0.4, -0.2) is 12.1 Å². The first-order valence-electron chi connectivity index (χ1n) is 6.07. The van der Waals surface area contributed by atoms with Gasteiger partial charge in [-0.15, -0.1) is 13.2 Å². The van der Waals surface area contributed by atoms with E-state index in [2.05, 4.69) is 25.1 Å². The summed E-state index contributed by atoms with van der Waals surface area (Å²) in [4.78, 5) is 14.1. The van der Waals surface area contributed by atoms with Crippen LogP contribution in [0.25, 0.3) is 0 Å². The molecule has 0 aliphatic rings. The summed E-state index contributed by atoms with van der Waals surface area (Å²) in [6.45, 7) is 9.66. The Balaban J connectivity index is 4.23. The number of nitrogens with zero attached hydrogens (tertiary/aromatic N) is 1. The van der Waals surface area contributed by atoms with Crippen LogP contribution in [0.2, 0.25) is 0 Å². The summed E-state index contributed by atoms with van der Waals surface area (Å²) in [6.07, 6.45) is 11.7. The molecule has 0 amide bonds. The molecule has 0 saturated carbocycles. The SMILES string of the molecule is C=CCC(CCCC)CC(CC=C)N=C=O. The van der Waals surface area contributed by atoms with Gasteiger partial charge >= 0.3 is 0 Å². The Morgan fingerprint density at radius 3 is 2.50 bits per heavy atom. The Morgan fingerprint density at radius 2 is 2.00 bits per heavy atom. The standard InChI is InChI=1S/C14H23NO/c1-4-7-10-13(8-5-2)11-14(9-6-3)15-12-16/h5-6,13-14H,2-4,7-11H2,1H3. The van der Waals surface area contributed by atoms with Crippen molar-refractivity contribution in [3.8, 4) is 0 Å². The molecule has 0 N–H and O–H groups in total. The predicted octanol–water partition coefficient (Wildman–Crippen LogP) is 4.04. The van der Waals surface area contributed by atoms with Crippen LogP contribution in [-0.2, 0) is 4.79 Å². The van der Waals surface area contributed by atoms with E-state index in [0.29, 0.717) is 5.92 Å². The molecule has 0 fully saturated rings. The normalized spacial score (nSPS) is 13.6. The highest BCUT2D eigenvalue weighted by Gasteiger charge is 2.13. The third kappa shape index (κ3) is 7.19. The van der Waals surface area contributed by atoms with Gasteiger partial charge in [-0.05, 0) is 25.2 Å². The van der Waals surface area contributed by atoms with Crippen molar-refractivity contribution in [2.24, 2.45) is 10.9 Å². The summed E-state index contributed by atoms with van der Waals surface area (Å²) in [7, 11) is 0. The number of allylic oxidation sites excluding steroid dienone is 1. The fourth-order valence-electron chi connectivity index (χ4n) is 1.91.